The van der Waals surface area contributed by atoms with Crippen molar-refractivity contribution in [3.05, 3.63) is 66.1 Å². The number of nitrogens with one attached hydrogen (secondary N) is 2. The Kier molecular flexibility index (Phi) is 5.26. The third-order valence-corrected chi connectivity index (χ3v) is 6.54. The van der Waals surface area contributed by atoms with E-state index >= 15 is 0 Å². The van der Waals surface area contributed by atoms with E-state index in [2.05, 4.69) is 15.3 Å². The van der Waals surface area contributed by atoms with Crippen molar-refractivity contribution in [1.29, 1.82) is 0 Å². The minimum atomic E-state index is -4.48. The highest BCUT2D eigenvalue weighted by molar-refractivity contribution is 6.06. The van der Waals surface area contributed by atoms with Crippen LogP contribution in [0.25, 0.3) is 16.6 Å². The van der Waals surface area contributed by atoms with Gasteiger partial charge in [-0.05, 0) is 56.0 Å². The summed E-state index contributed by atoms with van der Waals surface area (Å²) >= 11 is 0. The monoisotopic (exact) mass is 455 g/mol. The Morgan fingerprint density at radius 1 is 1.12 bits per heavy atom. The number of benzene rings is 1. The molecule has 1 saturated carbocycles. The number of rotatable bonds is 4. The number of halogens is 3. The van der Waals surface area contributed by atoms with Gasteiger partial charge in [0.1, 0.15) is 11.5 Å². The van der Waals surface area contributed by atoms with Crippen molar-refractivity contribution in [1.82, 2.24) is 19.7 Å². The molecule has 1 aromatic carbocycles. The first kappa shape index (κ1) is 21.4. The van der Waals surface area contributed by atoms with Crippen molar-refractivity contribution < 1.29 is 18.0 Å². The van der Waals surface area contributed by atoms with Crippen LogP contribution in [0.1, 0.15) is 41.7 Å². The predicted molar refractivity (Wildman–Crippen MR) is 120 cm³/mol. The Labute approximate surface area is 188 Å². The van der Waals surface area contributed by atoms with Crippen LogP contribution in [0.5, 0.6) is 0 Å². The van der Waals surface area contributed by atoms with Gasteiger partial charge >= 0.3 is 6.18 Å². The number of hydrogen-bond acceptors (Lipinski definition) is 3. The normalized spacial score (nSPS) is 19.2. The first-order valence-corrected chi connectivity index (χ1v) is 11.0. The zero-order valence-corrected chi connectivity index (χ0v) is 18.1. The molecule has 0 aliphatic heterocycles. The van der Waals surface area contributed by atoms with Gasteiger partial charge in [0.25, 0.3) is 5.91 Å². The molecular formula is C24H24F3N5O. The lowest BCUT2D eigenvalue weighted by Gasteiger charge is -2.36. The minimum Gasteiger partial charge on any atom is -0.361 e. The van der Waals surface area contributed by atoms with Gasteiger partial charge in [0, 0.05) is 48.0 Å². The van der Waals surface area contributed by atoms with E-state index in [1.54, 1.807) is 18.2 Å². The van der Waals surface area contributed by atoms with E-state index in [0.717, 1.165) is 42.8 Å². The van der Waals surface area contributed by atoms with E-state index in [1.807, 2.05) is 42.4 Å². The number of alkyl halides is 3. The van der Waals surface area contributed by atoms with E-state index in [0.29, 0.717) is 11.4 Å². The fraction of sp³-hybridized carbons (Fsp3) is 0.333. The third kappa shape index (κ3) is 4.03. The van der Waals surface area contributed by atoms with Crippen LogP contribution in [-0.4, -0.2) is 39.4 Å². The Balaban J connectivity index is 1.26. The number of fused-ring (bicyclic) bond motifs is 2. The van der Waals surface area contributed by atoms with E-state index < -0.39 is 11.9 Å². The zero-order valence-electron chi connectivity index (χ0n) is 18.1. The molecule has 3 heterocycles. The number of amides is 1. The molecule has 1 aliphatic rings. The van der Waals surface area contributed by atoms with Crippen LogP contribution >= 0.6 is 0 Å². The molecule has 0 unspecified atom stereocenters. The van der Waals surface area contributed by atoms with Crippen LogP contribution in [0.15, 0.2) is 54.9 Å². The summed E-state index contributed by atoms with van der Waals surface area (Å²) in [5.41, 5.74) is 0.953. The fourth-order valence-electron chi connectivity index (χ4n) is 4.76. The molecule has 9 heteroatoms. The van der Waals surface area contributed by atoms with Gasteiger partial charge in [-0.3, -0.25) is 9.20 Å². The highest BCUT2D eigenvalue weighted by Gasteiger charge is 2.34. The van der Waals surface area contributed by atoms with E-state index in [9.17, 15) is 18.0 Å². The Morgan fingerprint density at radius 2 is 1.88 bits per heavy atom. The van der Waals surface area contributed by atoms with Crippen molar-refractivity contribution in [2.75, 3.05) is 11.9 Å². The first-order valence-electron chi connectivity index (χ1n) is 11.0. The second-order valence-electron chi connectivity index (χ2n) is 8.57. The second-order valence-corrected chi connectivity index (χ2v) is 8.57. The van der Waals surface area contributed by atoms with Gasteiger partial charge in [0.2, 0.25) is 0 Å². The Bertz CT molecular complexity index is 1300. The number of carbonyl (C=O) groups excluding carboxylic acids is 1. The number of pyridine rings is 1. The number of nitrogens with zero attached hydrogens (tertiary/aromatic N) is 3. The quantitative estimate of drug-likeness (QED) is 0.455. The molecule has 0 bridgehead atoms. The smallest absolute Gasteiger partial charge is 0.361 e. The first-order chi connectivity index (χ1) is 15.8. The van der Waals surface area contributed by atoms with Crippen LogP contribution in [0, 0.1) is 0 Å². The Morgan fingerprint density at radius 3 is 2.64 bits per heavy atom. The summed E-state index contributed by atoms with van der Waals surface area (Å²) in [6.45, 7) is 0. The number of hydrogen-bond donors (Lipinski definition) is 2. The van der Waals surface area contributed by atoms with Crippen LogP contribution in [0.4, 0.5) is 19.0 Å². The number of imidazole rings is 1. The molecule has 33 heavy (non-hydrogen) atoms. The van der Waals surface area contributed by atoms with Crippen molar-refractivity contribution in [2.24, 2.45) is 0 Å². The molecular weight excluding hydrogens is 431 g/mol. The maximum absolute atomic E-state index is 13.1. The van der Waals surface area contributed by atoms with Crippen molar-refractivity contribution in [2.45, 2.75) is 43.9 Å². The standard InChI is InChI=1S/C24H24F3N5O/c1-31(22-7-3-6-21-30-20(14-32(21)22)24(25,26)27)16-10-8-15(9-11-16)29-23(33)18-4-2-5-19-17(18)12-13-28-19/h2-7,12-16,28H,8-11H2,1H3,(H,29,33)/t15-,16+. The van der Waals surface area contributed by atoms with Gasteiger partial charge in [0.15, 0.2) is 5.69 Å². The summed E-state index contributed by atoms with van der Waals surface area (Å²) in [5.74, 6) is 0.585. The molecule has 4 aromatic rings. The van der Waals surface area contributed by atoms with Crippen LogP contribution in [0.2, 0.25) is 0 Å². The topological polar surface area (TPSA) is 65.4 Å². The zero-order chi connectivity index (χ0) is 23.2. The maximum atomic E-state index is 13.1. The summed E-state index contributed by atoms with van der Waals surface area (Å²) in [4.78, 5) is 21.7. The lowest BCUT2D eigenvalue weighted by Crippen LogP contribution is -2.43. The predicted octanol–water partition coefficient (Wildman–Crippen LogP) is 5.01. The van der Waals surface area contributed by atoms with Crippen LogP contribution in [0.3, 0.4) is 0 Å². The van der Waals surface area contributed by atoms with Crippen LogP contribution in [-0.2, 0) is 6.18 Å². The maximum Gasteiger partial charge on any atom is 0.434 e. The van der Waals surface area contributed by atoms with Gasteiger partial charge in [-0.25, -0.2) is 4.98 Å². The van der Waals surface area contributed by atoms with Gasteiger partial charge in [0.05, 0.1) is 0 Å². The highest BCUT2D eigenvalue weighted by atomic mass is 19.4. The molecule has 0 spiro atoms. The lowest BCUT2D eigenvalue weighted by molar-refractivity contribution is -0.140. The molecule has 2 N–H and O–H groups in total. The lowest BCUT2D eigenvalue weighted by atomic mass is 9.90. The molecule has 3 aromatic heterocycles. The van der Waals surface area contributed by atoms with Gasteiger partial charge in [-0.2, -0.15) is 13.2 Å². The molecule has 0 saturated heterocycles. The third-order valence-electron chi connectivity index (χ3n) is 6.54. The van der Waals surface area contributed by atoms with E-state index in [1.165, 1.54) is 4.40 Å². The molecule has 5 rings (SSSR count). The molecule has 0 atom stereocenters. The average molecular weight is 455 g/mol. The number of carbonyl (C=O) groups is 1. The van der Waals surface area contributed by atoms with Crippen molar-refractivity contribution >= 4 is 28.3 Å². The number of aromatic nitrogens is 3. The van der Waals surface area contributed by atoms with E-state index in [4.69, 9.17) is 0 Å². The number of aromatic amines is 1. The molecule has 172 valence electrons. The van der Waals surface area contributed by atoms with Crippen molar-refractivity contribution in [3.8, 4) is 0 Å². The summed E-state index contributed by atoms with van der Waals surface area (Å²) in [5, 5.41) is 4.05. The van der Waals surface area contributed by atoms with Crippen molar-refractivity contribution in [3.63, 3.8) is 0 Å². The van der Waals surface area contributed by atoms with Gasteiger partial charge < -0.3 is 15.2 Å². The molecule has 1 amide bonds. The summed E-state index contributed by atoms with van der Waals surface area (Å²) in [6.07, 6.45) is 1.65. The fourth-order valence-corrected chi connectivity index (χ4v) is 4.76. The largest absolute Gasteiger partial charge is 0.434 e. The summed E-state index contributed by atoms with van der Waals surface area (Å²) in [7, 11) is 1.90. The summed E-state index contributed by atoms with van der Waals surface area (Å²) in [6, 6.07) is 12.9. The van der Waals surface area contributed by atoms with Crippen LogP contribution < -0.4 is 10.2 Å². The molecule has 6 nitrogen and oxygen atoms in total. The van der Waals surface area contributed by atoms with E-state index in [-0.39, 0.29) is 23.6 Å². The Hall–Kier alpha value is -3.49. The van der Waals surface area contributed by atoms with Gasteiger partial charge in [-0.15, -0.1) is 0 Å². The molecule has 0 radical (unpaired) electrons. The molecule has 1 aliphatic carbocycles. The average Bonchev–Trinajstić information content (AvgIpc) is 3.45. The minimum absolute atomic E-state index is 0.0669. The number of anilines is 1. The molecule has 1 fully saturated rings. The van der Waals surface area contributed by atoms with Gasteiger partial charge in [-0.1, -0.05) is 12.1 Å². The highest BCUT2D eigenvalue weighted by Crippen LogP contribution is 2.32. The second kappa shape index (κ2) is 8.13. The number of H-pyrrole nitrogens is 1. The SMILES string of the molecule is CN(c1cccc2nc(C(F)(F)F)cn12)[C@H]1CC[C@@H](NC(=O)c2cccc3[nH]ccc23)CC1. The summed E-state index contributed by atoms with van der Waals surface area (Å²) < 4.78 is 40.9.